The first-order valence-corrected chi connectivity index (χ1v) is 4.43. The molecule has 3 N–H and O–H groups in total. The zero-order valence-corrected chi connectivity index (χ0v) is 7.59. The van der Waals surface area contributed by atoms with Crippen molar-refractivity contribution in [1.82, 2.24) is 0 Å². The third-order valence-corrected chi connectivity index (χ3v) is 2.30. The Labute approximate surface area is 80.5 Å². The van der Waals surface area contributed by atoms with E-state index in [1.165, 1.54) is 0 Å². The fourth-order valence-corrected chi connectivity index (χ4v) is 1.45. The zero-order valence-electron chi connectivity index (χ0n) is 6.02. The summed E-state index contributed by atoms with van der Waals surface area (Å²) in [5.74, 6) is -2.63. The number of hydrogen-bond acceptors (Lipinski definition) is 5. The second-order valence-corrected chi connectivity index (χ2v) is 3.45. The van der Waals surface area contributed by atoms with Gasteiger partial charge in [0.05, 0.1) is 9.92 Å². The maximum atomic E-state index is 10.4. The summed E-state index contributed by atoms with van der Waals surface area (Å²) in [5.41, 5.74) is 0. The van der Waals surface area contributed by atoms with Gasteiger partial charge in [0.15, 0.2) is 11.5 Å². The van der Waals surface area contributed by atoms with E-state index >= 15 is 0 Å². The van der Waals surface area contributed by atoms with Gasteiger partial charge in [-0.1, -0.05) is 11.6 Å². The number of rotatable bonds is 1. The molecule has 0 amide bonds. The summed E-state index contributed by atoms with van der Waals surface area (Å²) >= 11 is 2.62. The van der Waals surface area contributed by atoms with Crippen LogP contribution in [0, 0.1) is 0 Å². The van der Waals surface area contributed by atoms with Gasteiger partial charge in [-0.25, -0.2) is 0 Å². The van der Waals surface area contributed by atoms with Crippen LogP contribution in [0.2, 0.25) is 5.02 Å². The highest BCUT2D eigenvalue weighted by atomic mass is 35.5. The van der Waals surface area contributed by atoms with Gasteiger partial charge in [-0.2, -0.15) is 0 Å². The first-order chi connectivity index (χ1) is 5.95. The Morgan fingerprint density at radius 3 is 2.23 bits per heavy atom. The summed E-state index contributed by atoms with van der Waals surface area (Å²) in [4.78, 5) is -0.569. The van der Waals surface area contributed by atoms with E-state index in [2.05, 4.69) is 0 Å². The molecular formula is C6H4ClO5S-. The molecule has 0 aliphatic rings. The maximum Gasteiger partial charge on any atom is 0.203 e. The van der Waals surface area contributed by atoms with Gasteiger partial charge in [-0.05, 0) is 17.1 Å². The monoisotopic (exact) mass is 223 g/mol. The van der Waals surface area contributed by atoms with E-state index in [4.69, 9.17) is 26.9 Å². The van der Waals surface area contributed by atoms with Crippen LogP contribution in [0.25, 0.3) is 0 Å². The van der Waals surface area contributed by atoms with Gasteiger partial charge in [0.2, 0.25) is 5.75 Å². The Kier molecular flexibility index (Phi) is 2.65. The maximum absolute atomic E-state index is 10.4. The topological polar surface area (TPSA) is 101 Å². The minimum atomic E-state index is -2.72. The number of phenols is 3. The highest BCUT2D eigenvalue weighted by molar-refractivity contribution is 7.79. The van der Waals surface area contributed by atoms with Crippen molar-refractivity contribution in [2.75, 3.05) is 0 Å². The molecule has 1 rings (SSSR count). The highest BCUT2D eigenvalue weighted by Crippen LogP contribution is 2.43. The normalized spacial score (nSPS) is 12.8. The van der Waals surface area contributed by atoms with Crippen LogP contribution in [0.4, 0.5) is 0 Å². The molecule has 7 heteroatoms. The lowest BCUT2D eigenvalue weighted by Crippen LogP contribution is -1.90. The van der Waals surface area contributed by atoms with Gasteiger partial charge in [-0.3, -0.25) is 4.21 Å². The molecule has 0 bridgehead atoms. The van der Waals surface area contributed by atoms with Crippen LogP contribution in [-0.2, 0) is 11.1 Å². The summed E-state index contributed by atoms with van der Waals surface area (Å²) in [5, 5.41) is 26.6. The first-order valence-electron chi connectivity index (χ1n) is 2.97. The lowest BCUT2D eigenvalue weighted by Gasteiger charge is -2.10. The molecule has 1 unspecified atom stereocenters. The smallest absolute Gasteiger partial charge is 0.203 e. The SMILES string of the molecule is O=S([O-])c1cc(Cl)c(O)c(O)c1O. The summed E-state index contributed by atoms with van der Waals surface area (Å²) in [6, 6.07) is 0.828. The fraction of sp³-hybridized carbons (Fsp3) is 0. The van der Waals surface area contributed by atoms with E-state index in [1.54, 1.807) is 0 Å². The second kappa shape index (κ2) is 3.41. The van der Waals surface area contributed by atoms with Crippen molar-refractivity contribution in [3.8, 4) is 17.2 Å². The Morgan fingerprint density at radius 1 is 1.23 bits per heavy atom. The molecule has 0 saturated heterocycles. The molecule has 1 atom stereocenters. The fourth-order valence-electron chi connectivity index (χ4n) is 0.721. The van der Waals surface area contributed by atoms with E-state index in [0.29, 0.717) is 0 Å². The molecule has 0 fully saturated rings. The molecule has 0 aliphatic carbocycles. The van der Waals surface area contributed by atoms with Crippen molar-refractivity contribution < 1.29 is 24.1 Å². The van der Waals surface area contributed by atoms with E-state index < -0.39 is 33.2 Å². The van der Waals surface area contributed by atoms with Gasteiger partial charge < -0.3 is 19.9 Å². The Hall–Kier alpha value is -0.980. The van der Waals surface area contributed by atoms with Crippen molar-refractivity contribution in [2.24, 2.45) is 0 Å². The van der Waals surface area contributed by atoms with Gasteiger partial charge >= 0.3 is 0 Å². The predicted octanol–water partition coefficient (Wildman–Crippen LogP) is 0.695. The number of aromatic hydroxyl groups is 3. The van der Waals surface area contributed by atoms with Crippen molar-refractivity contribution in [1.29, 1.82) is 0 Å². The largest absolute Gasteiger partial charge is 0.768 e. The van der Waals surface area contributed by atoms with E-state index in [-0.39, 0.29) is 5.02 Å². The van der Waals surface area contributed by atoms with Crippen LogP contribution >= 0.6 is 11.6 Å². The third kappa shape index (κ3) is 1.69. The summed E-state index contributed by atoms with van der Waals surface area (Å²) < 4.78 is 20.9. The van der Waals surface area contributed by atoms with Crippen LogP contribution < -0.4 is 0 Å². The average molecular weight is 224 g/mol. The van der Waals surface area contributed by atoms with Crippen molar-refractivity contribution >= 4 is 22.7 Å². The lowest BCUT2D eigenvalue weighted by atomic mass is 10.3. The minimum Gasteiger partial charge on any atom is -0.768 e. The second-order valence-electron chi connectivity index (χ2n) is 2.14. The number of halogens is 1. The van der Waals surface area contributed by atoms with Crippen LogP contribution in [0.3, 0.4) is 0 Å². The number of hydrogen-bond donors (Lipinski definition) is 3. The van der Waals surface area contributed by atoms with Crippen LogP contribution in [0.15, 0.2) is 11.0 Å². The zero-order chi connectivity index (χ0) is 10.2. The Morgan fingerprint density at radius 2 is 1.77 bits per heavy atom. The molecule has 0 aromatic heterocycles. The first kappa shape index (κ1) is 10.1. The quantitative estimate of drug-likeness (QED) is 0.480. The summed E-state index contributed by atoms with van der Waals surface area (Å²) in [6.07, 6.45) is 0. The molecule has 0 heterocycles. The number of phenolic OH excluding ortho intramolecular Hbond substituents is 3. The molecule has 72 valence electrons. The highest BCUT2D eigenvalue weighted by Gasteiger charge is 2.15. The molecule has 5 nitrogen and oxygen atoms in total. The molecular weight excluding hydrogens is 220 g/mol. The lowest BCUT2D eigenvalue weighted by molar-refractivity contribution is 0.360. The van der Waals surface area contributed by atoms with Gasteiger partial charge in [-0.15, -0.1) is 0 Å². The Bertz CT molecular complexity index is 378. The van der Waals surface area contributed by atoms with Crippen molar-refractivity contribution in [3.05, 3.63) is 11.1 Å². The van der Waals surface area contributed by atoms with E-state index in [1.807, 2.05) is 0 Å². The van der Waals surface area contributed by atoms with Crippen molar-refractivity contribution in [3.63, 3.8) is 0 Å². The average Bonchev–Trinajstić information content (AvgIpc) is 2.07. The minimum absolute atomic E-state index is 0.352. The molecule has 13 heavy (non-hydrogen) atoms. The predicted molar refractivity (Wildman–Crippen MR) is 43.6 cm³/mol. The Balaban J connectivity index is 3.50. The van der Waals surface area contributed by atoms with Crippen LogP contribution in [0.5, 0.6) is 17.2 Å². The van der Waals surface area contributed by atoms with Gasteiger partial charge in [0.25, 0.3) is 0 Å². The number of benzene rings is 1. The molecule has 0 spiro atoms. The van der Waals surface area contributed by atoms with Gasteiger partial charge in [0, 0.05) is 0 Å². The molecule has 0 saturated carbocycles. The van der Waals surface area contributed by atoms with Crippen LogP contribution in [0.1, 0.15) is 0 Å². The van der Waals surface area contributed by atoms with Crippen molar-refractivity contribution in [2.45, 2.75) is 4.90 Å². The standard InChI is InChI=1S/C6H5ClO5S/c7-2-1-3(13(11)12)5(9)6(10)4(2)8/h1,8-10H,(H,11,12)/p-1. The summed E-state index contributed by atoms with van der Waals surface area (Å²) in [6.45, 7) is 0. The third-order valence-electron chi connectivity index (χ3n) is 1.35. The van der Waals surface area contributed by atoms with E-state index in [0.717, 1.165) is 6.07 Å². The molecule has 0 radical (unpaired) electrons. The van der Waals surface area contributed by atoms with E-state index in [9.17, 15) is 8.76 Å². The molecule has 1 aromatic carbocycles. The molecule has 1 aromatic rings. The molecule has 0 aliphatic heterocycles. The van der Waals surface area contributed by atoms with Crippen LogP contribution in [-0.4, -0.2) is 24.1 Å². The van der Waals surface area contributed by atoms with Gasteiger partial charge in [0.1, 0.15) is 0 Å². The summed E-state index contributed by atoms with van der Waals surface area (Å²) in [7, 11) is 0.